The van der Waals surface area contributed by atoms with Crippen molar-refractivity contribution in [3.05, 3.63) is 35.3 Å². The number of halogens is 1. The predicted molar refractivity (Wildman–Crippen MR) is 152 cm³/mol. The fourth-order valence-corrected chi connectivity index (χ4v) is 5.82. The molecule has 1 N–H and O–H groups in total. The molecule has 1 aliphatic heterocycles. The smallest absolute Gasteiger partial charge is 0.410 e. The summed E-state index contributed by atoms with van der Waals surface area (Å²) in [5.41, 5.74) is 3.23. The van der Waals surface area contributed by atoms with Crippen LogP contribution < -0.4 is 5.32 Å². The number of aromatic nitrogens is 4. The van der Waals surface area contributed by atoms with E-state index < -0.39 is 13.7 Å². The largest absolute Gasteiger partial charge is 0.444 e. The van der Waals surface area contributed by atoms with Gasteiger partial charge in [0.1, 0.15) is 35.1 Å². The third-order valence-corrected chi connectivity index (χ3v) is 8.72. The Morgan fingerprint density at radius 3 is 2.74 bits per heavy atom. The van der Waals surface area contributed by atoms with Crippen molar-refractivity contribution in [3.63, 3.8) is 0 Å². The number of ether oxygens (including phenoxy) is 2. The molecule has 39 heavy (non-hydrogen) atoms. The van der Waals surface area contributed by atoms with Gasteiger partial charge in [-0.2, -0.15) is 5.10 Å². The van der Waals surface area contributed by atoms with E-state index in [-0.39, 0.29) is 24.7 Å². The minimum Gasteiger partial charge on any atom is -0.444 e. The number of nitrogens with zero attached hydrogens (tertiary/aromatic N) is 5. The van der Waals surface area contributed by atoms with Crippen LogP contribution >= 0.6 is 0 Å². The average molecular weight is 555 g/mol. The maximum absolute atomic E-state index is 15.1. The summed E-state index contributed by atoms with van der Waals surface area (Å²) in [6.45, 7) is 14.5. The standard InChI is InChI=1S/C28H39FN6O3Si/c1-28(2,3)38-27(36)34-11-7-8-20(16-34)31-26-30-15-19-14-18-9-10-21(29)25-22(18)24(23(19)32-26)33-35(25)17-37-12-13-39(4,5)6/h9-10,15,20H,7-8,11-14,16-17H2,1-6H3,(H,30,31,32)/t20-/m0/s1. The first-order valence-electron chi connectivity index (χ1n) is 13.7. The third-order valence-electron chi connectivity index (χ3n) is 7.02. The molecule has 1 fully saturated rings. The summed E-state index contributed by atoms with van der Waals surface area (Å²) < 4.78 is 28.2. The van der Waals surface area contributed by atoms with Gasteiger partial charge in [-0.25, -0.2) is 23.8 Å². The van der Waals surface area contributed by atoms with Crippen LogP contribution in [0.1, 0.15) is 44.7 Å². The monoisotopic (exact) mass is 554 g/mol. The van der Waals surface area contributed by atoms with Crippen molar-refractivity contribution in [2.45, 2.75) is 84.1 Å². The van der Waals surface area contributed by atoms with Crippen molar-refractivity contribution < 1.29 is 18.7 Å². The van der Waals surface area contributed by atoms with Gasteiger partial charge >= 0.3 is 6.09 Å². The average Bonchev–Trinajstić information content (AvgIpc) is 3.24. The summed E-state index contributed by atoms with van der Waals surface area (Å²) in [7, 11) is -1.24. The lowest BCUT2D eigenvalue weighted by Crippen LogP contribution is -2.47. The van der Waals surface area contributed by atoms with Crippen molar-refractivity contribution >= 4 is 31.0 Å². The van der Waals surface area contributed by atoms with Crippen molar-refractivity contribution in [2.75, 3.05) is 25.0 Å². The highest BCUT2D eigenvalue weighted by Crippen LogP contribution is 2.39. The van der Waals surface area contributed by atoms with E-state index in [1.165, 1.54) is 6.07 Å². The fraction of sp³-hybridized carbons (Fsp3) is 0.571. The van der Waals surface area contributed by atoms with Gasteiger partial charge in [-0.05, 0) is 51.3 Å². The molecule has 0 saturated carbocycles. The summed E-state index contributed by atoms with van der Waals surface area (Å²) in [5.74, 6) is 0.153. The lowest BCUT2D eigenvalue weighted by molar-refractivity contribution is 0.0206. The number of anilines is 1. The molecule has 1 atom stereocenters. The van der Waals surface area contributed by atoms with E-state index in [0.717, 1.165) is 35.4 Å². The second kappa shape index (κ2) is 10.5. The molecular weight excluding hydrogens is 515 g/mol. The van der Waals surface area contributed by atoms with Gasteiger partial charge in [0.25, 0.3) is 0 Å². The number of nitrogens with one attached hydrogen (secondary N) is 1. The maximum Gasteiger partial charge on any atom is 0.410 e. The van der Waals surface area contributed by atoms with Crippen LogP contribution in [0.3, 0.4) is 0 Å². The van der Waals surface area contributed by atoms with Crippen LogP contribution in [0.15, 0.2) is 18.3 Å². The second-order valence-electron chi connectivity index (χ2n) is 12.8. The van der Waals surface area contributed by atoms with Gasteiger partial charge in [0.05, 0.1) is 0 Å². The molecule has 1 amide bonds. The van der Waals surface area contributed by atoms with E-state index >= 15 is 4.39 Å². The number of carbonyl (C=O) groups excluding carboxylic acids is 1. The maximum atomic E-state index is 15.1. The predicted octanol–water partition coefficient (Wildman–Crippen LogP) is 5.66. The quantitative estimate of drug-likeness (QED) is 0.233. The lowest BCUT2D eigenvalue weighted by Gasteiger charge is -2.34. The topological polar surface area (TPSA) is 94.4 Å². The van der Waals surface area contributed by atoms with Crippen molar-refractivity contribution in [2.24, 2.45) is 0 Å². The molecule has 5 rings (SSSR count). The SMILES string of the molecule is CC(C)(C)OC(=O)N1CCC[C@H](Nc2ncc3c(n2)-c2nn(COCC[Si](C)(C)C)c4c(F)ccc(c24)C3)C1. The van der Waals surface area contributed by atoms with Crippen LogP contribution in [-0.2, 0) is 22.6 Å². The molecule has 1 aromatic carbocycles. The van der Waals surface area contributed by atoms with Crippen LogP contribution in [0, 0.1) is 5.82 Å². The molecule has 2 aliphatic rings. The van der Waals surface area contributed by atoms with Crippen LogP contribution in [0.5, 0.6) is 0 Å². The molecule has 3 aromatic rings. The first-order chi connectivity index (χ1) is 18.4. The van der Waals surface area contributed by atoms with Gasteiger partial charge in [0.15, 0.2) is 0 Å². The minimum atomic E-state index is -1.24. The van der Waals surface area contributed by atoms with Gasteiger partial charge < -0.3 is 19.7 Å². The van der Waals surface area contributed by atoms with Crippen LogP contribution in [-0.4, -0.2) is 70.2 Å². The molecule has 1 saturated heterocycles. The zero-order valence-corrected chi connectivity index (χ0v) is 24.8. The van der Waals surface area contributed by atoms with Crippen LogP contribution in [0.25, 0.3) is 22.3 Å². The Balaban J connectivity index is 1.37. The third kappa shape index (κ3) is 6.24. The first kappa shape index (κ1) is 27.5. The highest BCUT2D eigenvalue weighted by Gasteiger charge is 2.30. The van der Waals surface area contributed by atoms with Gasteiger partial charge in [-0.3, -0.25) is 0 Å². The molecule has 0 radical (unpaired) electrons. The Labute approximate surface area is 230 Å². The number of rotatable bonds is 7. The highest BCUT2D eigenvalue weighted by atomic mass is 28.3. The minimum absolute atomic E-state index is 0.00465. The van der Waals surface area contributed by atoms with E-state index in [0.29, 0.717) is 49.0 Å². The zero-order chi connectivity index (χ0) is 27.9. The van der Waals surface area contributed by atoms with Gasteiger partial charge in [0.2, 0.25) is 5.95 Å². The molecule has 9 nitrogen and oxygen atoms in total. The number of fused-ring (bicyclic) bond motifs is 2. The molecule has 3 heterocycles. The van der Waals surface area contributed by atoms with E-state index in [2.05, 4.69) is 29.9 Å². The number of amides is 1. The number of piperidine rings is 1. The number of carbonyl (C=O) groups is 1. The van der Waals surface area contributed by atoms with Crippen molar-refractivity contribution in [1.29, 1.82) is 0 Å². The van der Waals surface area contributed by atoms with Gasteiger partial charge in [-0.1, -0.05) is 25.7 Å². The normalized spacial score (nSPS) is 17.3. The molecule has 0 bridgehead atoms. The fourth-order valence-electron chi connectivity index (χ4n) is 5.07. The zero-order valence-electron chi connectivity index (χ0n) is 23.8. The van der Waals surface area contributed by atoms with E-state index in [9.17, 15) is 4.79 Å². The van der Waals surface area contributed by atoms with E-state index in [4.69, 9.17) is 19.6 Å². The van der Waals surface area contributed by atoms with Crippen LogP contribution in [0.4, 0.5) is 15.1 Å². The van der Waals surface area contributed by atoms with Gasteiger partial charge in [-0.15, -0.1) is 0 Å². The summed E-state index contributed by atoms with van der Waals surface area (Å²) in [5, 5.41) is 8.98. The Morgan fingerprint density at radius 2 is 2.00 bits per heavy atom. The van der Waals surface area contributed by atoms with Crippen molar-refractivity contribution in [1.82, 2.24) is 24.6 Å². The summed E-state index contributed by atoms with van der Waals surface area (Å²) in [6, 6.07) is 4.35. The van der Waals surface area contributed by atoms with E-state index in [1.54, 1.807) is 9.58 Å². The Kier molecular flexibility index (Phi) is 7.40. The number of likely N-dealkylation sites (tertiary alicyclic amines) is 1. The number of hydrogen-bond acceptors (Lipinski definition) is 7. The number of hydrogen-bond donors (Lipinski definition) is 1. The van der Waals surface area contributed by atoms with Crippen LogP contribution in [0.2, 0.25) is 25.7 Å². The molecule has 0 spiro atoms. The molecular formula is C28H39FN6O3Si. The number of benzene rings is 1. The van der Waals surface area contributed by atoms with E-state index in [1.807, 2.05) is 33.0 Å². The summed E-state index contributed by atoms with van der Waals surface area (Å²) >= 11 is 0. The molecule has 11 heteroatoms. The summed E-state index contributed by atoms with van der Waals surface area (Å²) in [6.07, 6.45) is 3.87. The lowest BCUT2D eigenvalue weighted by atomic mass is 9.92. The molecule has 0 unspecified atom stereocenters. The van der Waals surface area contributed by atoms with Gasteiger partial charge in [0, 0.05) is 57.4 Å². The molecule has 1 aliphatic carbocycles. The first-order valence-corrected chi connectivity index (χ1v) is 17.4. The highest BCUT2D eigenvalue weighted by molar-refractivity contribution is 6.76. The molecule has 2 aromatic heterocycles. The Morgan fingerprint density at radius 1 is 1.21 bits per heavy atom. The second-order valence-corrected chi connectivity index (χ2v) is 18.4. The Hall–Kier alpha value is -3.05. The van der Waals surface area contributed by atoms with Crippen molar-refractivity contribution in [3.8, 4) is 11.4 Å². The summed E-state index contributed by atoms with van der Waals surface area (Å²) in [4.78, 5) is 23.7. The molecule has 210 valence electrons. The Bertz CT molecular complexity index is 1380.